The molecule has 0 aliphatic carbocycles. The topological polar surface area (TPSA) is 81.2 Å². The number of carbonyl (C=O) groups is 1. The zero-order chi connectivity index (χ0) is 13.6. The van der Waals surface area contributed by atoms with E-state index in [4.69, 9.17) is 5.73 Å². The highest BCUT2D eigenvalue weighted by Gasteiger charge is 2.24. The summed E-state index contributed by atoms with van der Waals surface area (Å²) in [7, 11) is 0. The van der Waals surface area contributed by atoms with Gasteiger partial charge in [-0.3, -0.25) is 4.79 Å². The van der Waals surface area contributed by atoms with Crippen molar-refractivity contribution in [1.82, 2.24) is 5.16 Å². The van der Waals surface area contributed by atoms with E-state index in [1.807, 2.05) is 0 Å². The van der Waals surface area contributed by atoms with Crippen molar-refractivity contribution in [2.45, 2.75) is 40.0 Å². The highest BCUT2D eigenvalue weighted by Crippen LogP contribution is 2.32. The Morgan fingerprint density at radius 2 is 2.22 bits per heavy atom. The first-order valence-corrected chi connectivity index (χ1v) is 6.33. The lowest BCUT2D eigenvalue weighted by Gasteiger charge is -2.30. The second kappa shape index (κ2) is 6.54. The minimum Gasteiger partial charge on any atom is -0.363 e. The largest absolute Gasteiger partial charge is 0.363 e. The van der Waals surface area contributed by atoms with Gasteiger partial charge in [-0.15, -0.1) is 0 Å². The van der Waals surface area contributed by atoms with Crippen molar-refractivity contribution in [1.29, 1.82) is 0 Å². The predicted molar refractivity (Wildman–Crippen MR) is 71.0 cm³/mol. The summed E-state index contributed by atoms with van der Waals surface area (Å²) in [6.45, 7) is 7.21. The first kappa shape index (κ1) is 14.7. The van der Waals surface area contributed by atoms with E-state index in [0.29, 0.717) is 24.7 Å². The fourth-order valence-corrected chi connectivity index (χ4v) is 2.00. The monoisotopic (exact) mass is 253 g/mol. The number of hydrogen-bond donors (Lipinski definition) is 2. The van der Waals surface area contributed by atoms with E-state index in [0.717, 1.165) is 12.8 Å². The molecule has 3 N–H and O–H groups in total. The summed E-state index contributed by atoms with van der Waals surface area (Å²) in [6.07, 6.45) is 3.70. The zero-order valence-corrected chi connectivity index (χ0v) is 11.4. The van der Waals surface area contributed by atoms with Crippen LogP contribution >= 0.6 is 0 Å². The summed E-state index contributed by atoms with van der Waals surface area (Å²) in [6, 6.07) is 1.62. The summed E-state index contributed by atoms with van der Waals surface area (Å²) >= 11 is 0. The molecule has 1 aromatic heterocycles. The van der Waals surface area contributed by atoms with Gasteiger partial charge in [0.15, 0.2) is 5.82 Å². The molecule has 5 heteroatoms. The van der Waals surface area contributed by atoms with Gasteiger partial charge >= 0.3 is 0 Å². The molecule has 0 bridgehead atoms. The standard InChI is InChI=1S/C13H23N3O2/c1-13(2,3)10(6-8-14)4-5-12(17)15-11-7-9-18-16-11/h7,9-10H,4-6,8,14H2,1-3H3,(H,15,16,17). The normalized spacial score (nSPS) is 13.3. The molecular weight excluding hydrogens is 230 g/mol. The van der Waals surface area contributed by atoms with E-state index in [1.54, 1.807) is 6.07 Å². The number of carbonyl (C=O) groups excluding carboxylic acids is 1. The van der Waals surface area contributed by atoms with Gasteiger partial charge in [-0.25, -0.2) is 0 Å². The third-order valence-corrected chi connectivity index (χ3v) is 3.17. The van der Waals surface area contributed by atoms with Crippen molar-refractivity contribution in [2.75, 3.05) is 11.9 Å². The molecule has 0 spiro atoms. The number of aromatic nitrogens is 1. The number of nitrogens with zero attached hydrogens (tertiary/aromatic N) is 1. The Hall–Kier alpha value is -1.36. The first-order chi connectivity index (χ1) is 8.43. The molecular formula is C13H23N3O2. The van der Waals surface area contributed by atoms with Crippen LogP contribution in [0.5, 0.6) is 0 Å². The van der Waals surface area contributed by atoms with Crippen molar-refractivity contribution < 1.29 is 9.32 Å². The van der Waals surface area contributed by atoms with Crippen molar-refractivity contribution in [3.05, 3.63) is 12.3 Å². The van der Waals surface area contributed by atoms with Gasteiger partial charge in [0.2, 0.25) is 5.91 Å². The summed E-state index contributed by atoms with van der Waals surface area (Å²) in [5.74, 6) is 0.881. The minimum absolute atomic E-state index is 0.0322. The maximum Gasteiger partial charge on any atom is 0.225 e. The van der Waals surface area contributed by atoms with Gasteiger partial charge < -0.3 is 15.6 Å². The molecule has 1 heterocycles. The summed E-state index contributed by atoms with van der Waals surface area (Å²) in [4.78, 5) is 11.7. The van der Waals surface area contributed by atoms with Crippen LogP contribution in [0.3, 0.4) is 0 Å². The van der Waals surface area contributed by atoms with Crippen molar-refractivity contribution in [3.63, 3.8) is 0 Å². The molecule has 102 valence electrons. The molecule has 1 amide bonds. The highest BCUT2D eigenvalue weighted by atomic mass is 16.5. The average molecular weight is 253 g/mol. The fourth-order valence-electron chi connectivity index (χ4n) is 2.00. The Kier molecular flexibility index (Phi) is 5.34. The SMILES string of the molecule is CC(C)(C)C(CCN)CCC(=O)Nc1ccon1. The van der Waals surface area contributed by atoms with Gasteiger partial charge in [-0.2, -0.15) is 0 Å². The molecule has 0 saturated carbocycles. The van der Waals surface area contributed by atoms with E-state index < -0.39 is 0 Å². The molecule has 0 aromatic carbocycles. The second-order valence-corrected chi connectivity index (χ2v) is 5.61. The molecule has 0 aliphatic heterocycles. The van der Waals surface area contributed by atoms with E-state index in [1.165, 1.54) is 6.26 Å². The quantitative estimate of drug-likeness (QED) is 0.815. The van der Waals surface area contributed by atoms with Crippen LogP contribution in [0.15, 0.2) is 16.9 Å². The second-order valence-electron chi connectivity index (χ2n) is 5.61. The number of amides is 1. The van der Waals surface area contributed by atoms with Crippen LogP contribution in [0, 0.1) is 11.3 Å². The molecule has 1 rings (SSSR count). The first-order valence-electron chi connectivity index (χ1n) is 6.33. The minimum atomic E-state index is -0.0322. The number of rotatable bonds is 6. The predicted octanol–water partition coefficient (Wildman–Crippen LogP) is 2.40. The summed E-state index contributed by atoms with van der Waals surface area (Å²) in [5.41, 5.74) is 5.79. The van der Waals surface area contributed by atoms with Crippen molar-refractivity contribution in [3.8, 4) is 0 Å². The Morgan fingerprint density at radius 3 is 2.72 bits per heavy atom. The zero-order valence-electron chi connectivity index (χ0n) is 11.4. The van der Waals surface area contributed by atoms with Gasteiger partial charge in [0, 0.05) is 12.5 Å². The number of nitrogens with two attached hydrogens (primary N) is 1. The van der Waals surface area contributed by atoms with Crippen LogP contribution in [-0.2, 0) is 4.79 Å². The van der Waals surface area contributed by atoms with Gasteiger partial charge in [0.05, 0.1) is 0 Å². The average Bonchev–Trinajstić information content (AvgIpc) is 2.75. The van der Waals surface area contributed by atoms with Crippen LogP contribution in [0.25, 0.3) is 0 Å². The Labute approximate surface area is 108 Å². The van der Waals surface area contributed by atoms with Crippen LogP contribution in [0.1, 0.15) is 40.0 Å². The van der Waals surface area contributed by atoms with Crippen LogP contribution in [0.4, 0.5) is 5.82 Å². The maximum atomic E-state index is 11.7. The number of hydrogen-bond acceptors (Lipinski definition) is 4. The van der Waals surface area contributed by atoms with Crippen molar-refractivity contribution in [2.24, 2.45) is 17.1 Å². The molecule has 5 nitrogen and oxygen atoms in total. The Morgan fingerprint density at radius 1 is 1.50 bits per heavy atom. The third-order valence-electron chi connectivity index (χ3n) is 3.17. The molecule has 0 saturated heterocycles. The molecule has 1 atom stereocenters. The summed E-state index contributed by atoms with van der Waals surface area (Å²) in [5, 5.41) is 6.34. The number of nitrogens with one attached hydrogen (secondary N) is 1. The Balaban J connectivity index is 2.40. The van der Waals surface area contributed by atoms with E-state index in [2.05, 4.69) is 35.8 Å². The lowest BCUT2D eigenvalue weighted by atomic mass is 9.76. The third kappa shape index (κ3) is 4.87. The number of anilines is 1. The molecule has 18 heavy (non-hydrogen) atoms. The van der Waals surface area contributed by atoms with Gasteiger partial charge in [-0.1, -0.05) is 25.9 Å². The van der Waals surface area contributed by atoms with Crippen LogP contribution in [0.2, 0.25) is 0 Å². The molecule has 0 fully saturated rings. The molecule has 1 aromatic rings. The van der Waals surface area contributed by atoms with E-state index in [9.17, 15) is 4.79 Å². The van der Waals surface area contributed by atoms with Gasteiger partial charge in [-0.05, 0) is 30.7 Å². The lowest BCUT2D eigenvalue weighted by molar-refractivity contribution is -0.116. The Bertz CT molecular complexity index is 355. The fraction of sp³-hybridized carbons (Fsp3) is 0.692. The van der Waals surface area contributed by atoms with Gasteiger partial charge in [0.1, 0.15) is 6.26 Å². The molecule has 1 unspecified atom stereocenters. The van der Waals surface area contributed by atoms with E-state index in [-0.39, 0.29) is 11.3 Å². The molecule has 0 radical (unpaired) electrons. The summed E-state index contributed by atoms with van der Waals surface area (Å²) < 4.78 is 4.65. The highest BCUT2D eigenvalue weighted by molar-refractivity contribution is 5.89. The van der Waals surface area contributed by atoms with Gasteiger partial charge in [0.25, 0.3) is 0 Å². The van der Waals surface area contributed by atoms with E-state index >= 15 is 0 Å². The molecule has 0 aliphatic rings. The van der Waals surface area contributed by atoms with Crippen molar-refractivity contribution >= 4 is 11.7 Å². The van der Waals surface area contributed by atoms with Crippen LogP contribution in [-0.4, -0.2) is 17.6 Å². The van der Waals surface area contributed by atoms with Crippen LogP contribution < -0.4 is 11.1 Å². The smallest absolute Gasteiger partial charge is 0.225 e. The maximum absolute atomic E-state index is 11.7. The lowest BCUT2D eigenvalue weighted by Crippen LogP contribution is -2.25.